The van der Waals surface area contributed by atoms with Crippen LogP contribution in [0.2, 0.25) is 0 Å². The van der Waals surface area contributed by atoms with Gasteiger partial charge in [0.1, 0.15) is 12.6 Å². The maximum atomic E-state index is 12.2. The highest BCUT2D eigenvalue weighted by Gasteiger charge is 2.19. The average Bonchev–Trinajstić information content (AvgIpc) is 2.66. The second-order valence-corrected chi connectivity index (χ2v) is 6.35. The zero-order valence-corrected chi connectivity index (χ0v) is 16.8. The summed E-state index contributed by atoms with van der Waals surface area (Å²) in [6, 6.07) is 6.81. The van der Waals surface area contributed by atoms with Gasteiger partial charge in [-0.1, -0.05) is 12.1 Å². The summed E-state index contributed by atoms with van der Waals surface area (Å²) in [5, 5.41) is 4.94. The third-order valence-corrected chi connectivity index (χ3v) is 4.09. The zero-order valence-electron chi connectivity index (χ0n) is 15.2. The first-order valence-corrected chi connectivity index (χ1v) is 9.71. The van der Waals surface area contributed by atoms with Crippen LogP contribution in [-0.2, 0) is 25.5 Å². The van der Waals surface area contributed by atoms with E-state index in [1.807, 2.05) is 24.3 Å². The maximum Gasteiger partial charge on any atom is 0.325 e. The lowest BCUT2D eigenvalue weighted by Crippen LogP contribution is -2.46. The Kier molecular flexibility index (Phi) is 11.3. The standard InChI is InChI=1S/C18H25Cl2N3O4/c1-2-27-17(25)12-21-18(26)16(22-13-24)11-14-3-5-15(6-4-14)23(9-7-19)10-8-20/h3-6,13,16H,2,7-12H2,1H3,(H,21,26)(H,22,24). The molecule has 150 valence electrons. The predicted molar refractivity (Wildman–Crippen MR) is 106 cm³/mol. The third-order valence-electron chi connectivity index (χ3n) is 3.75. The summed E-state index contributed by atoms with van der Waals surface area (Å²) >= 11 is 11.6. The lowest BCUT2D eigenvalue weighted by molar-refractivity contribution is -0.143. The molecule has 0 aliphatic rings. The van der Waals surface area contributed by atoms with Crippen LogP contribution in [-0.4, -0.2) is 62.3 Å². The molecule has 0 radical (unpaired) electrons. The van der Waals surface area contributed by atoms with Crippen molar-refractivity contribution in [1.82, 2.24) is 10.6 Å². The van der Waals surface area contributed by atoms with Crippen LogP contribution in [0.3, 0.4) is 0 Å². The molecule has 0 fully saturated rings. The molecule has 0 saturated carbocycles. The third kappa shape index (κ3) is 8.49. The Morgan fingerprint density at radius 2 is 1.81 bits per heavy atom. The van der Waals surface area contributed by atoms with Crippen LogP contribution in [0.15, 0.2) is 24.3 Å². The fourth-order valence-corrected chi connectivity index (χ4v) is 2.86. The fraction of sp³-hybridized carbons (Fsp3) is 0.500. The highest BCUT2D eigenvalue weighted by molar-refractivity contribution is 6.18. The number of carbonyl (C=O) groups excluding carboxylic acids is 3. The van der Waals surface area contributed by atoms with Crippen molar-refractivity contribution < 1.29 is 19.1 Å². The van der Waals surface area contributed by atoms with Gasteiger partial charge >= 0.3 is 5.97 Å². The van der Waals surface area contributed by atoms with Crippen LogP contribution in [0.4, 0.5) is 5.69 Å². The molecule has 2 amide bonds. The van der Waals surface area contributed by atoms with E-state index >= 15 is 0 Å². The molecule has 27 heavy (non-hydrogen) atoms. The van der Waals surface area contributed by atoms with Crippen LogP contribution >= 0.6 is 23.2 Å². The summed E-state index contributed by atoms with van der Waals surface area (Å²) in [5.74, 6) is -0.00117. The van der Waals surface area contributed by atoms with E-state index in [2.05, 4.69) is 15.5 Å². The van der Waals surface area contributed by atoms with Crippen molar-refractivity contribution in [2.45, 2.75) is 19.4 Å². The lowest BCUT2D eigenvalue weighted by Gasteiger charge is -2.23. The van der Waals surface area contributed by atoms with Crippen molar-refractivity contribution in [3.05, 3.63) is 29.8 Å². The monoisotopic (exact) mass is 417 g/mol. The van der Waals surface area contributed by atoms with Crippen molar-refractivity contribution in [3.63, 3.8) is 0 Å². The first kappa shape index (κ1) is 23.0. The highest BCUT2D eigenvalue weighted by Crippen LogP contribution is 2.16. The Labute approximate surface area is 169 Å². The van der Waals surface area contributed by atoms with E-state index in [-0.39, 0.29) is 13.2 Å². The van der Waals surface area contributed by atoms with Crippen LogP contribution in [0.5, 0.6) is 0 Å². The first-order valence-electron chi connectivity index (χ1n) is 8.64. The second kappa shape index (κ2) is 13.2. The van der Waals surface area contributed by atoms with Crippen molar-refractivity contribution >= 4 is 47.2 Å². The van der Waals surface area contributed by atoms with Gasteiger partial charge in [0, 0.05) is 37.0 Å². The number of nitrogens with zero attached hydrogens (tertiary/aromatic N) is 1. The van der Waals surface area contributed by atoms with E-state index in [0.29, 0.717) is 37.7 Å². The van der Waals surface area contributed by atoms with E-state index < -0.39 is 17.9 Å². The normalized spacial score (nSPS) is 11.4. The minimum atomic E-state index is -0.787. The van der Waals surface area contributed by atoms with Crippen molar-refractivity contribution in [3.8, 4) is 0 Å². The minimum absolute atomic E-state index is 0.238. The molecule has 1 unspecified atom stereocenters. The van der Waals surface area contributed by atoms with Crippen molar-refractivity contribution in [2.75, 3.05) is 42.9 Å². The molecule has 0 heterocycles. The lowest BCUT2D eigenvalue weighted by atomic mass is 10.0. The smallest absolute Gasteiger partial charge is 0.325 e. The number of nitrogens with one attached hydrogen (secondary N) is 2. The Morgan fingerprint density at radius 1 is 1.19 bits per heavy atom. The highest BCUT2D eigenvalue weighted by atomic mass is 35.5. The Balaban J connectivity index is 2.71. The maximum absolute atomic E-state index is 12.2. The quantitative estimate of drug-likeness (QED) is 0.287. The number of carbonyl (C=O) groups is 3. The van der Waals surface area contributed by atoms with E-state index in [9.17, 15) is 14.4 Å². The SMILES string of the molecule is CCOC(=O)CNC(=O)C(Cc1ccc(N(CCCl)CCCl)cc1)NC=O. The summed E-state index contributed by atoms with van der Waals surface area (Å²) in [4.78, 5) is 36.4. The van der Waals surface area contributed by atoms with E-state index in [4.69, 9.17) is 27.9 Å². The van der Waals surface area contributed by atoms with Gasteiger partial charge in [-0.25, -0.2) is 0 Å². The van der Waals surface area contributed by atoms with E-state index in [1.54, 1.807) is 6.92 Å². The van der Waals surface area contributed by atoms with Gasteiger partial charge in [0.2, 0.25) is 12.3 Å². The number of esters is 1. The predicted octanol–water partition coefficient (Wildman–Crippen LogP) is 1.31. The molecule has 0 spiro atoms. The minimum Gasteiger partial charge on any atom is -0.465 e. The molecule has 9 heteroatoms. The average molecular weight is 418 g/mol. The second-order valence-electron chi connectivity index (χ2n) is 5.60. The molecule has 1 atom stereocenters. The van der Waals surface area contributed by atoms with Crippen molar-refractivity contribution in [2.24, 2.45) is 0 Å². The summed E-state index contributed by atoms with van der Waals surface area (Å²) in [5.41, 5.74) is 1.84. The molecule has 0 aromatic heterocycles. The number of hydrogen-bond acceptors (Lipinski definition) is 5. The molecule has 7 nitrogen and oxygen atoms in total. The van der Waals surface area contributed by atoms with E-state index in [0.717, 1.165) is 11.3 Å². The van der Waals surface area contributed by atoms with Crippen molar-refractivity contribution in [1.29, 1.82) is 0 Å². The van der Waals surface area contributed by atoms with Gasteiger partial charge < -0.3 is 20.3 Å². The number of alkyl halides is 2. The Morgan fingerprint density at radius 3 is 2.33 bits per heavy atom. The molecule has 0 aliphatic heterocycles. The first-order chi connectivity index (χ1) is 13.0. The fourth-order valence-electron chi connectivity index (χ4n) is 2.46. The topological polar surface area (TPSA) is 87.7 Å². The zero-order chi connectivity index (χ0) is 20.1. The molecule has 0 bridgehead atoms. The molecule has 1 rings (SSSR count). The molecular weight excluding hydrogens is 393 g/mol. The van der Waals surface area contributed by atoms with Gasteiger partial charge in [-0.15, -0.1) is 23.2 Å². The number of halogens is 2. The number of benzene rings is 1. The Hall–Kier alpha value is -1.99. The largest absolute Gasteiger partial charge is 0.465 e. The van der Waals surface area contributed by atoms with Gasteiger partial charge in [-0.3, -0.25) is 14.4 Å². The summed E-state index contributed by atoms with van der Waals surface area (Å²) in [7, 11) is 0. The van der Waals surface area contributed by atoms with Crippen LogP contribution in [0.1, 0.15) is 12.5 Å². The van der Waals surface area contributed by atoms with Gasteiger partial charge in [0.15, 0.2) is 0 Å². The number of ether oxygens (including phenoxy) is 1. The number of rotatable bonds is 13. The molecule has 2 N–H and O–H groups in total. The van der Waals surface area contributed by atoms with Gasteiger partial charge in [-0.2, -0.15) is 0 Å². The number of anilines is 1. The van der Waals surface area contributed by atoms with Crippen LogP contribution in [0.25, 0.3) is 0 Å². The summed E-state index contributed by atoms with van der Waals surface area (Å²) in [6.07, 6.45) is 0.754. The van der Waals surface area contributed by atoms with Crippen LogP contribution < -0.4 is 15.5 Å². The van der Waals surface area contributed by atoms with Gasteiger partial charge in [-0.05, 0) is 24.6 Å². The van der Waals surface area contributed by atoms with E-state index in [1.165, 1.54) is 0 Å². The summed E-state index contributed by atoms with van der Waals surface area (Å²) < 4.78 is 4.76. The summed E-state index contributed by atoms with van der Waals surface area (Å²) in [6.45, 7) is 3.04. The van der Waals surface area contributed by atoms with Gasteiger partial charge in [0.05, 0.1) is 6.61 Å². The van der Waals surface area contributed by atoms with Gasteiger partial charge in [0.25, 0.3) is 0 Å². The molecule has 0 saturated heterocycles. The molecule has 1 aromatic rings. The molecule has 0 aliphatic carbocycles. The molecule has 1 aromatic carbocycles. The number of amides is 2. The number of hydrogen-bond donors (Lipinski definition) is 2. The molecular formula is C18H25Cl2N3O4. The van der Waals surface area contributed by atoms with Crippen LogP contribution in [0, 0.1) is 0 Å². The Bertz CT molecular complexity index is 593.